The lowest BCUT2D eigenvalue weighted by Gasteiger charge is -2.04. The first-order valence-corrected chi connectivity index (χ1v) is 8.28. The van der Waals surface area contributed by atoms with Gasteiger partial charge in [-0.3, -0.25) is 0 Å². The number of nitrogens with zero attached hydrogens (tertiary/aromatic N) is 3. The molecule has 0 fully saturated rings. The van der Waals surface area contributed by atoms with Crippen LogP contribution in [-0.4, -0.2) is 39.9 Å². The Morgan fingerprint density at radius 1 is 1.09 bits per heavy atom. The van der Waals surface area contributed by atoms with E-state index in [1.807, 2.05) is 0 Å². The summed E-state index contributed by atoms with van der Waals surface area (Å²) in [6, 6.07) is 9.04. The van der Waals surface area contributed by atoms with Crippen LogP contribution in [-0.2, 0) is 16.4 Å². The van der Waals surface area contributed by atoms with Gasteiger partial charge in [-0.25, -0.2) is 8.42 Å². The van der Waals surface area contributed by atoms with Gasteiger partial charge in [0.1, 0.15) is 22.5 Å². The monoisotopic (exact) mass is 319 g/mol. The third-order valence-electron chi connectivity index (χ3n) is 3.22. The second kappa shape index (κ2) is 5.08. The van der Waals surface area contributed by atoms with Gasteiger partial charge in [-0.1, -0.05) is 6.07 Å². The molecular weight excluding hydrogens is 306 g/mol. The quantitative estimate of drug-likeness (QED) is 0.747. The number of phenolic OH excluding ortho intramolecular Hbond substituents is 1. The van der Waals surface area contributed by atoms with Gasteiger partial charge >= 0.3 is 0 Å². The second-order valence-corrected chi connectivity index (χ2v) is 6.91. The van der Waals surface area contributed by atoms with Crippen LogP contribution in [0.3, 0.4) is 0 Å². The van der Waals surface area contributed by atoms with Gasteiger partial charge in [0.25, 0.3) is 0 Å². The Labute approximate surface area is 126 Å². The number of benzene rings is 2. The number of hydrogen-bond donors (Lipinski definition) is 2. The third-order valence-corrected chi connectivity index (χ3v) is 4.33. The molecule has 0 saturated carbocycles. The highest BCUT2D eigenvalue weighted by Crippen LogP contribution is 2.24. The molecule has 0 amide bonds. The summed E-state index contributed by atoms with van der Waals surface area (Å²) in [5.41, 5.74) is 1.81. The molecule has 1 heterocycles. The summed E-state index contributed by atoms with van der Waals surface area (Å²) in [5.74, 6) is -0.0409. The number of fused-ring (bicyclic) bond motifs is 1. The molecule has 0 aliphatic carbocycles. The SMILES string of the molecule is CS(=O)(=O)c1ccc2nn(-c3cc(CO)ccc3O)nc2c1. The lowest BCUT2D eigenvalue weighted by Crippen LogP contribution is -2.00. The summed E-state index contributed by atoms with van der Waals surface area (Å²) in [6.45, 7) is -0.174. The molecule has 8 heteroatoms. The summed E-state index contributed by atoms with van der Waals surface area (Å²) in [4.78, 5) is 1.37. The lowest BCUT2D eigenvalue weighted by molar-refractivity contribution is 0.281. The molecule has 0 bridgehead atoms. The van der Waals surface area contributed by atoms with Crippen molar-refractivity contribution in [2.45, 2.75) is 11.5 Å². The number of sulfone groups is 1. The molecule has 114 valence electrons. The van der Waals surface area contributed by atoms with Gasteiger partial charge in [0.15, 0.2) is 9.84 Å². The van der Waals surface area contributed by atoms with E-state index in [0.29, 0.717) is 22.3 Å². The third kappa shape index (κ3) is 2.53. The van der Waals surface area contributed by atoms with Crippen LogP contribution in [0.5, 0.6) is 5.75 Å². The Morgan fingerprint density at radius 2 is 1.82 bits per heavy atom. The Hall–Kier alpha value is -2.45. The van der Waals surface area contributed by atoms with E-state index in [1.165, 1.54) is 23.0 Å². The molecule has 0 atom stereocenters. The predicted molar refractivity (Wildman–Crippen MR) is 79.6 cm³/mol. The van der Waals surface area contributed by atoms with Crippen molar-refractivity contribution in [2.24, 2.45) is 0 Å². The maximum atomic E-state index is 11.6. The minimum absolute atomic E-state index is 0.0409. The van der Waals surface area contributed by atoms with Crippen LogP contribution in [0.1, 0.15) is 5.56 Å². The second-order valence-electron chi connectivity index (χ2n) is 4.89. The van der Waals surface area contributed by atoms with Gasteiger partial charge in [-0.2, -0.15) is 0 Å². The fraction of sp³-hybridized carbons (Fsp3) is 0.143. The Balaban J connectivity index is 2.17. The van der Waals surface area contributed by atoms with E-state index in [1.54, 1.807) is 18.2 Å². The van der Waals surface area contributed by atoms with Crippen molar-refractivity contribution in [3.8, 4) is 11.4 Å². The molecule has 22 heavy (non-hydrogen) atoms. The average Bonchev–Trinajstić information content (AvgIpc) is 2.89. The minimum Gasteiger partial charge on any atom is -0.506 e. The number of aliphatic hydroxyl groups excluding tert-OH is 1. The molecule has 1 aromatic heterocycles. The standard InChI is InChI=1S/C14H13N3O4S/c1-22(20,21)10-3-4-11-12(7-10)16-17(15-11)13-6-9(8-18)2-5-14(13)19/h2-7,18-19H,8H2,1H3. The van der Waals surface area contributed by atoms with E-state index in [4.69, 9.17) is 5.11 Å². The van der Waals surface area contributed by atoms with Gasteiger partial charge < -0.3 is 10.2 Å². The van der Waals surface area contributed by atoms with Crippen molar-refractivity contribution in [2.75, 3.05) is 6.26 Å². The number of aliphatic hydroxyl groups is 1. The van der Waals surface area contributed by atoms with Crippen LogP contribution in [0.25, 0.3) is 16.7 Å². The van der Waals surface area contributed by atoms with E-state index in [-0.39, 0.29) is 17.3 Å². The fourth-order valence-corrected chi connectivity index (χ4v) is 2.70. The van der Waals surface area contributed by atoms with Crippen molar-refractivity contribution < 1.29 is 18.6 Å². The van der Waals surface area contributed by atoms with Crippen molar-refractivity contribution in [1.82, 2.24) is 15.0 Å². The van der Waals surface area contributed by atoms with Crippen LogP contribution >= 0.6 is 0 Å². The zero-order valence-corrected chi connectivity index (χ0v) is 12.4. The summed E-state index contributed by atoms with van der Waals surface area (Å²) < 4.78 is 23.1. The summed E-state index contributed by atoms with van der Waals surface area (Å²) in [5, 5.41) is 27.5. The highest BCUT2D eigenvalue weighted by atomic mass is 32.2. The van der Waals surface area contributed by atoms with Gasteiger partial charge in [-0.05, 0) is 35.9 Å². The molecule has 0 saturated heterocycles. The molecule has 0 aliphatic rings. The Bertz CT molecular complexity index is 963. The van der Waals surface area contributed by atoms with Crippen molar-refractivity contribution in [3.05, 3.63) is 42.0 Å². The zero-order valence-electron chi connectivity index (χ0n) is 11.6. The van der Waals surface area contributed by atoms with Gasteiger partial charge in [0, 0.05) is 6.26 Å². The first kappa shape index (κ1) is 14.5. The van der Waals surface area contributed by atoms with E-state index >= 15 is 0 Å². The first-order valence-electron chi connectivity index (χ1n) is 6.39. The molecule has 0 spiro atoms. The topological polar surface area (TPSA) is 105 Å². The molecule has 2 N–H and O–H groups in total. The molecule has 2 aromatic carbocycles. The number of rotatable bonds is 3. The summed E-state index contributed by atoms with van der Waals surface area (Å²) in [7, 11) is -3.33. The van der Waals surface area contributed by atoms with Crippen molar-refractivity contribution >= 4 is 20.9 Å². The highest BCUT2D eigenvalue weighted by molar-refractivity contribution is 7.90. The van der Waals surface area contributed by atoms with Gasteiger partial charge in [-0.15, -0.1) is 15.0 Å². The smallest absolute Gasteiger partial charge is 0.175 e. The number of phenols is 1. The lowest BCUT2D eigenvalue weighted by atomic mass is 10.2. The Morgan fingerprint density at radius 3 is 2.50 bits per heavy atom. The highest BCUT2D eigenvalue weighted by Gasteiger charge is 2.13. The van der Waals surface area contributed by atoms with Crippen LogP contribution in [0.2, 0.25) is 0 Å². The zero-order chi connectivity index (χ0) is 15.9. The molecule has 0 radical (unpaired) electrons. The van der Waals surface area contributed by atoms with Gasteiger partial charge in [0.05, 0.1) is 11.5 Å². The summed E-state index contributed by atoms with van der Waals surface area (Å²) in [6.07, 6.45) is 1.12. The molecule has 0 aliphatic heterocycles. The van der Waals surface area contributed by atoms with E-state index in [0.717, 1.165) is 6.26 Å². The normalized spacial score (nSPS) is 11.9. The summed E-state index contributed by atoms with van der Waals surface area (Å²) >= 11 is 0. The number of aromatic nitrogens is 3. The molecule has 0 unspecified atom stereocenters. The average molecular weight is 319 g/mol. The van der Waals surface area contributed by atoms with E-state index < -0.39 is 9.84 Å². The van der Waals surface area contributed by atoms with Crippen molar-refractivity contribution in [3.63, 3.8) is 0 Å². The number of hydrogen-bond acceptors (Lipinski definition) is 6. The van der Waals surface area contributed by atoms with Crippen LogP contribution in [0.4, 0.5) is 0 Å². The van der Waals surface area contributed by atoms with Crippen LogP contribution < -0.4 is 0 Å². The fourth-order valence-electron chi connectivity index (χ4n) is 2.06. The molecule has 3 rings (SSSR count). The minimum atomic E-state index is -3.33. The van der Waals surface area contributed by atoms with Crippen molar-refractivity contribution in [1.29, 1.82) is 0 Å². The molecule has 3 aromatic rings. The van der Waals surface area contributed by atoms with E-state index in [2.05, 4.69) is 10.2 Å². The molecular formula is C14H13N3O4S. The number of aromatic hydroxyl groups is 1. The van der Waals surface area contributed by atoms with E-state index in [9.17, 15) is 13.5 Å². The first-order chi connectivity index (χ1) is 10.4. The predicted octanol–water partition coefficient (Wildman–Crippen LogP) is 1.02. The van der Waals surface area contributed by atoms with Gasteiger partial charge in [0.2, 0.25) is 0 Å². The maximum Gasteiger partial charge on any atom is 0.175 e. The van der Waals surface area contributed by atoms with Crippen LogP contribution in [0.15, 0.2) is 41.3 Å². The molecule has 7 nitrogen and oxygen atoms in total. The van der Waals surface area contributed by atoms with Crippen LogP contribution in [0, 0.1) is 0 Å². The largest absolute Gasteiger partial charge is 0.506 e. The Kier molecular flexibility index (Phi) is 3.34. The maximum absolute atomic E-state index is 11.6.